The zero-order chi connectivity index (χ0) is 12.4. The topological polar surface area (TPSA) is 55.6 Å². The zero-order valence-corrected chi connectivity index (χ0v) is 10.3. The summed E-state index contributed by atoms with van der Waals surface area (Å²) in [5.74, 6) is 0.636. The van der Waals surface area contributed by atoms with Crippen molar-refractivity contribution < 1.29 is 9.53 Å². The number of hydrogen-bond acceptors (Lipinski definition) is 3. The van der Waals surface area contributed by atoms with Gasteiger partial charge in [-0.3, -0.25) is 4.79 Å². The van der Waals surface area contributed by atoms with Crippen molar-refractivity contribution in [3.63, 3.8) is 0 Å². The number of ether oxygens (including phenoxy) is 1. The van der Waals surface area contributed by atoms with Crippen molar-refractivity contribution in [3.8, 4) is 5.75 Å². The van der Waals surface area contributed by atoms with Crippen molar-refractivity contribution in [2.45, 2.75) is 25.3 Å². The first-order valence-corrected chi connectivity index (χ1v) is 5.84. The molecule has 2 rings (SSSR count). The third-order valence-electron chi connectivity index (χ3n) is 3.42. The van der Waals surface area contributed by atoms with Crippen LogP contribution in [0, 0.1) is 0 Å². The fraction of sp³-hybridized carbons (Fsp3) is 0.462. The first kappa shape index (κ1) is 11.8. The smallest absolute Gasteiger partial charge is 0.253 e. The molecule has 1 fully saturated rings. The summed E-state index contributed by atoms with van der Waals surface area (Å²) in [6.07, 6.45) is 3.43. The van der Waals surface area contributed by atoms with Crippen LogP contribution in [-0.2, 0) is 0 Å². The molecule has 0 atom stereocenters. The number of benzene rings is 1. The molecule has 0 radical (unpaired) electrons. The molecule has 1 aromatic rings. The molecular formula is C13H18N2O2. The molecule has 0 heterocycles. The van der Waals surface area contributed by atoms with Crippen molar-refractivity contribution in [2.24, 2.45) is 0 Å². The van der Waals surface area contributed by atoms with Gasteiger partial charge in [0.25, 0.3) is 5.91 Å². The second-order valence-corrected chi connectivity index (χ2v) is 4.46. The van der Waals surface area contributed by atoms with Crippen molar-refractivity contribution in [1.29, 1.82) is 0 Å². The molecule has 0 unspecified atom stereocenters. The van der Waals surface area contributed by atoms with Crippen LogP contribution in [-0.4, -0.2) is 31.0 Å². The monoisotopic (exact) mass is 234 g/mol. The first-order valence-electron chi connectivity index (χ1n) is 5.84. The zero-order valence-electron chi connectivity index (χ0n) is 10.3. The molecule has 0 spiro atoms. The van der Waals surface area contributed by atoms with Crippen molar-refractivity contribution in [3.05, 3.63) is 23.8 Å². The van der Waals surface area contributed by atoms with E-state index in [9.17, 15) is 4.79 Å². The Kier molecular flexibility index (Phi) is 3.22. The molecule has 17 heavy (non-hydrogen) atoms. The molecule has 2 N–H and O–H groups in total. The summed E-state index contributed by atoms with van der Waals surface area (Å²) in [4.78, 5) is 14.0. The van der Waals surface area contributed by atoms with E-state index >= 15 is 0 Å². The third kappa shape index (κ3) is 2.20. The number of rotatable bonds is 3. The SMILES string of the molecule is COc1ccc(C(=O)N(C)C2CCC2)cc1N. The second-order valence-electron chi connectivity index (χ2n) is 4.46. The van der Waals surface area contributed by atoms with Gasteiger partial charge in [0.05, 0.1) is 12.8 Å². The third-order valence-corrected chi connectivity index (χ3v) is 3.42. The van der Waals surface area contributed by atoms with Gasteiger partial charge in [0, 0.05) is 18.7 Å². The highest BCUT2D eigenvalue weighted by Gasteiger charge is 2.26. The van der Waals surface area contributed by atoms with E-state index in [1.807, 2.05) is 11.9 Å². The van der Waals surface area contributed by atoms with E-state index in [1.165, 1.54) is 6.42 Å². The van der Waals surface area contributed by atoms with Crippen LogP contribution in [0.15, 0.2) is 18.2 Å². The average Bonchev–Trinajstić information content (AvgIpc) is 2.25. The Hall–Kier alpha value is -1.71. The molecule has 4 nitrogen and oxygen atoms in total. The summed E-state index contributed by atoms with van der Waals surface area (Å²) in [7, 11) is 3.42. The van der Waals surface area contributed by atoms with Gasteiger partial charge >= 0.3 is 0 Å². The number of anilines is 1. The maximum absolute atomic E-state index is 12.2. The number of nitrogens with two attached hydrogens (primary N) is 1. The van der Waals surface area contributed by atoms with E-state index < -0.39 is 0 Å². The molecule has 0 saturated heterocycles. The number of nitrogens with zero attached hydrogens (tertiary/aromatic N) is 1. The van der Waals surface area contributed by atoms with Gasteiger partial charge in [-0.2, -0.15) is 0 Å². The van der Waals surface area contributed by atoms with Gasteiger partial charge in [0.15, 0.2) is 0 Å². The molecule has 0 bridgehead atoms. The highest BCUT2D eigenvalue weighted by Crippen LogP contribution is 2.27. The van der Waals surface area contributed by atoms with Crippen LogP contribution >= 0.6 is 0 Å². The van der Waals surface area contributed by atoms with Gasteiger partial charge in [-0.25, -0.2) is 0 Å². The molecule has 4 heteroatoms. The van der Waals surface area contributed by atoms with Crippen molar-refractivity contribution in [2.75, 3.05) is 19.9 Å². The Balaban J connectivity index is 2.15. The average molecular weight is 234 g/mol. The van der Waals surface area contributed by atoms with Crippen LogP contribution in [0.5, 0.6) is 5.75 Å². The number of carbonyl (C=O) groups excluding carboxylic acids is 1. The molecule has 92 valence electrons. The van der Waals surface area contributed by atoms with Crippen LogP contribution in [0.4, 0.5) is 5.69 Å². The summed E-state index contributed by atoms with van der Waals surface area (Å²) in [5, 5.41) is 0. The van der Waals surface area contributed by atoms with E-state index in [2.05, 4.69) is 0 Å². The molecule has 1 aliphatic carbocycles. The number of carbonyl (C=O) groups is 1. The number of amides is 1. The summed E-state index contributed by atoms with van der Waals surface area (Å²) in [6.45, 7) is 0. The number of hydrogen-bond donors (Lipinski definition) is 1. The fourth-order valence-corrected chi connectivity index (χ4v) is 2.01. The second kappa shape index (κ2) is 4.65. The van der Waals surface area contributed by atoms with E-state index in [1.54, 1.807) is 25.3 Å². The van der Waals surface area contributed by atoms with Crippen LogP contribution in [0.2, 0.25) is 0 Å². The molecule has 0 aromatic heterocycles. The lowest BCUT2D eigenvalue weighted by atomic mass is 9.91. The largest absolute Gasteiger partial charge is 0.495 e. The predicted octanol–water partition coefficient (Wildman–Crippen LogP) is 1.90. The van der Waals surface area contributed by atoms with Crippen LogP contribution < -0.4 is 10.5 Å². The molecule has 1 aliphatic rings. The van der Waals surface area contributed by atoms with Crippen LogP contribution in [0.3, 0.4) is 0 Å². The minimum absolute atomic E-state index is 0.0315. The summed E-state index contributed by atoms with van der Waals surface area (Å²) < 4.78 is 5.07. The molecule has 0 aliphatic heterocycles. The lowest BCUT2D eigenvalue weighted by Crippen LogP contribution is -2.41. The van der Waals surface area contributed by atoms with Crippen LogP contribution in [0.25, 0.3) is 0 Å². The van der Waals surface area contributed by atoms with Crippen molar-refractivity contribution >= 4 is 11.6 Å². The Morgan fingerprint density at radius 3 is 2.65 bits per heavy atom. The van der Waals surface area contributed by atoms with E-state index in [0.717, 1.165) is 12.8 Å². The molecule has 1 saturated carbocycles. The van der Waals surface area contributed by atoms with Gasteiger partial charge in [0.1, 0.15) is 5.75 Å². The molecular weight excluding hydrogens is 216 g/mol. The molecule has 1 amide bonds. The number of methoxy groups -OCH3 is 1. The minimum Gasteiger partial charge on any atom is -0.495 e. The lowest BCUT2D eigenvalue weighted by Gasteiger charge is -2.34. The van der Waals surface area contributed by atoms with Crippen molar-refractivity contribution in [1.82, 2.24) is 4.90 Å². The predicted molar refractivity (Wildman–Crippen MR) is 67.1 cm³/mol. The first-order chi connectivity index (χ1) is 8.13. The summed E-state index contributed by atoms with van der Waals surface area (Å²) >= 11 is 0. The van der Waals surface area contributed by atoms with E-state index in [4.69, 9.17) is 10.5 Å². The highest BCUT2D eigenvalue weighted by atomic mass is 16.5. The van der Waals surface area contributed by atoms with Gasteiger partial charge in [-0.1, -0.05) is 0 Å². The van der Waals surface area contributed by atoms with Gasteiger partial charge in [0.2, 0.25) is 0 Å². The lowest BCUT2D eigenvalue weighted by molar-refractivity contribution is 0.0652. The molecule has 1 aromatic carbocycles. The maximum atomic E-state index is 12.2. The standard InChI is InChI=1S/C13H18N2O2/c1-15(10-4-3-5-10)13(16)9-6-7-12(17-2)11(14)8-9/h6-8,10H,3-5,14H2,1-2H3. The Bertz CT molecular complexity index is 427. The fourth-order valence-electron chi connectivity index (χ4n) is 2.01. The van der Waals surface area contributed by atoms with E-state index in [-0.39, 0.29) is 5.91 Å². The Morgan fingerprint density at radius 1 is 1.47 bits per heavy atom. The maximum Gasteiger partial charge on any atom is 0.253 e. The summed E-state index contributed by atoms with van der Waals surface area (Å²) in [6, 6.07) is 5.56. The Labute approximate surface area is 101 Å². The Morgan fingerprint density at radius 2 is 2.18 bits per heavy atom. The van der Waals surface area contributed by atoms with Crippen LogP contribution in [0.1, 0.15) is 29.6 Å². The van der Waals surface area contributed by atoms with Gasteiger partial charge in [-0.05, 0) is 37.5 Å². The van der Waals surface area contributed by atoms with Gasteiger partial charge < -0.3 is 15.4 Å². The highest BCUT2D eigenvalue weighted by molar-refractivity contribution is 5.95. The summed E-state index contributed by atoms with van der Waals surface area (Å²) in [5.41, 5.74) is 6.92. The quantitative estimate of drug-likeness (QED) is 0.813. The number of nitrogen functional groups attached to an aromatic ring is 1. The van der Waals surface area contributed by atoms with E-state index in [0.29, 0.717) is 23.0 Å². The minimum atomic E-state index is 0.0315. The normalized spacial score (nSPS) is 15.2. The van der Waals surface area contributed by atoms with Gasteiger partial charge in [-0.15, -0.1) is 0 Å².